The highest BCUT2D eigenvalue weighted by molar-refractivity contribution is 9.10. The minimum absolute atomic E-state index is 0.227. The van der Waals surface area contributed by atoms with E-state index in [1.165, 1.54) is 7.11 Å². The number of sulfonamides is 1. The van der Waals surface area contributed by atoms with Gasteiger partial charge in [-0.1, -0.05) is 28.1 Å². The Kier molecular flexibility index (Phi) is 7.41. The van der Waals surface area contributed by atoms with Crippen LogP contribution in [-0.4, -0.2) is 36.4 Å². The molecule has 0 radical (unpaired) electrons. The fourth-order valence-electron chi connectivity index (χ4n) is 5.16. The molecule has 1 aliphatic heterocycles. The Hall–Kier alpha value is -3.41. The molecule has 2 N–H and O–H groups in total. The van der Waals surface area contributed by atoms with Crippen molar-refractivity contribution in [3.8, 4) is 11.4 Å². The van der Waals surface area contributed by atoms with E-state index in [2.05, 4.69) is 72.5 Å². The van der Waals surface area contributed by atoms with E-state index in [9.17, 15) is 8.42 Å². The van der Waals surface area contributed by atoms with Gasteiger partial charge in [0, 0.05) is 39.5 Å². The number of aryl methyl sites for hydroxylation is 1. The van der Waals surface area contributed by atoms with Crippen molar-refractivity contribution in [3.63, 3.8) is 0 Å². The van der Waals surface area contributed by atoms with Gasteiger partial charge < -0.3 is 19.5 Å². The van der Waals surface area contributed by atoms with Gasteiger partial charge >= 0.3 is 0 Å². The van der Waals surface area contributed by atoms with Crippen LogP contribution in [0.2, 0.25) is 0 Å². The summed E-state index contributed by atoms with van der Waals surface area (Å²) in [7, 11) is -1.98. The van der Waals surface area contributed by atoms with Gasteiger partial charge in [-0.2, -0.15) is 0 Å². The number of methoxy groups -OCH3 is 1. The molecule has 2 unspecified atom stereocenters. The zero-order valence-electron chi connectivity index (χ0n) is 21.8. The van der Waals surface area contributed by atoms with Crippen LogP contribution in [0.15, 0.2) is 77.4 Å². The van der Waals surface area contributed by atoms with Crippen LogP contribution in [0, 0.1) is 13.8 Å². The zero-order valence-corrected chi connectivity index (χ0v) is 25.1. The van der Waals surface area contributed by atoms with Gasteiger partial charge in [0.25, 0.3) is 0 Å². The molecule has 0 aliphatic carbocycles. The zero-order chi connectivity index (χ0) is 27.9. The highest BCUT2D eigenvalue weighted by Gasteiger charge is 2.42. The summed E-state index contributed by atoms with van der Waals surface area (Å²) in [5, 5.41) is 4.02. The summed E-state index contributed by atoms with van der Waals surface area (Å²) in [4.78, 5) is 6.70. The van der Waals surface area contributed by atoms with E-state index < -0.39 is 10.0 Å². The number of ether oxygens (including phenoxy) is 1. The Balaban J connectivity index is 1.67. The first-order valence-electron chi connectivity index (χ1n) is 12.2. The maximum atomic E-state index is 11.9. The van der Waals surface area contributed by atoms with Crippen molar-refractivity contribution in [1.29, 1.82) is 0 Å². The molecule has 11 heteroatoms. The Morgan fingerprint density at radius 1 is 1.05 bits per heavy atom. The lowest BCUT2D eigenvalue weighted by Crippen LogP contribution is -2.29. The minimum Gasteiger partial charge on any atom is -0.494 e. The number of hydrogen-bond acceptors (Lipinski definition) is 5. The van der Waals surface area contributed by atoms with Crippen LogP contribution in [0.4, 0.5) is 11.4 Å². The number of anilines is 2. The molecular formula is C28H28BrN5O3S2. The van der Waals surface area contributed by atoms with Gasteiger partial charge in [0.1, 0.15) is 5.75 Å². The molecular weight excluding hydrogens is 598 g/mol. The average Bonchev–Trinajstić information content (AvgIpc) is 3.38. The molecule has 0 amide bonds. The second kappa shape index (κ2) is 10.6. The summed E-state index contributed by atoms with van der Waals surface area (Å²) in [5.74, 6) is 0.389. The standard InChI is InChI=1S/C28H28BrN5O3S2/c1-17-14-22(18(2)33(17)20-9-7-8-19(29)15-20)27-26(24-10-5-6-13-30-24)31-28(38)34(27)21-11-12-23(25(16-21)37-3)32-39(4,35)36/h5-16,26-27,32H,1-4H3,(H,31,38). The van der Waals surface area contributed by atoms with Crippen LogP contribution in [-0.2, 0) is 10.0 Å². The minimum atomic E-state index is -3.48. The third kappa shape index (κ3) is 5.39. The normalized spacial score (nSPS) is 17.3. The van der Waals surface area contributed by atoms with Crippen LogP contribution in [0.1, 0.15) is 34.7 Å². The molecule has 0 spiro atoms. The van der Waals surface area contributed by atoms with Crippen LogP contribution in [0.25, 0.3) is 5.69 Å². The van der Waals surface area contributed by atoms with Crippen molar-refractivity contribution in [2.75, 3.05) is 23.0 Å². The van der Waals surface area contributed by atoms with E-state index >= 15 is 0 Å². The number of hydrogen-bond donors (Lipinski definition) is 2. The van der Waals surface area contributed by atoms with Crippen molar-refractivity contribution in [2.24, 2.45) is 0 Å². The highest BCUT2D eigenvalue weighted by atomic mass is 79.9. The number of thiocarbonyl (C=S) groups is 1. The van der Waals surface area contributed by atoms with Gasteiger partial charge in [0.05, 0.1) is 36.8 Å². The second-order valence-corrected chi connectivity index (χ2v) is 12.4. The number of aromatic nitrogens is 2. The van der Waals surface area contributed by atoms with E-state index in [4.69, 9.17) is 17.0 Å². The average molecular weight is 627 g/mol. The summed E-state index contributed by atoms with van der Waals surface area (Å²) in [6.07, 6.45) is 2.88. The number of pyridine rings is 1. The summed E-state index contributed by atoms with van der Waals surface area (Å²) in [5.41, 5.74) is 6.29. The maximum absolute atomic E-state index is 11.9. The van der Waals surface area contributed by atoms with Crippen LogP contribution in [0.5, 0.6) is 5.75 Å². The Morgan fingerprint density at radius 2 is 1.85 bits per heavy atom. The molecule has 3 heterocycles. The Morgan fingerprint density at radius 3 is 2.51 bits per heavy atom. The van der Waals surface area contributed by atoms with Crippen molar-refractivity contribution in [1.82, 2.24) is 14.9 Å². The van der Waals surface area contributed by atoms with Crippen LogP contribution < -0.4 is 19.7 Å². The molecule has 0 saturated carbocycles. The number of nitrogens with one attached hydrogen (secondary N) is 2. The molecule has 8 nitrogen and oxygen atoms in total. The number of halogens is 1. The summed E-state index contributed by atoms with van der Waals surface area (Å²) >= 11 is 9.49. The number of rotatable bonds is 7. The van der Waals surface area contributed by atoms with Crippen LogP contribution >= 0.6 is 28.1 Å². The lowest BCUT2D eigenvalue weighted by molar-refractivity contribution is 0.417. The summed E-state index contributed by atoms with van der Waals surface area (Å²) < 4.78 is 35.1. The van der Waals surface area contributed by atoms with Crippen LogP contribution in [0.3, 0.4) is 0 Å². The predicted octanol–water partition coefficient (Wildman–Crippen LogP) is 5.81. The molecule has 4 aromatic rings. The van der Waals surface area contributed by atoms with Gasteiger partial charge in [0.15, 0.2) is 5.11 Å². The van der Waals surface area contributed by atoms with E-state index in [0.29, 0.717) is 16.5 Å². The van der Waals surface area contributed by atoms with Gasteiger partial charge in [0.2, 0.25) is 10.0 Å². The van der Waals surface area contributed by atoms with E-state index in [1.807, 2.05) is 36.4 Å². The molecule has 202 valence electrons. The van der Waals surface area contributed by atoms with Gasteiger partial charge in [-0.25, -0.2) is 8.42 Å². The molecule has 2 aromatic heterocycles. The van der Waals surface area contributed by atoms with Gasteiger partial charge in [-0.15, -0.1) is 0 Å². The Bertz CT molecular complexity index is 1660. The molecule has 2 atom stereocenters. The molecule has 2 aromatic carbocycles. The van der Waals surface area contributed by atoms with E-state index in [-0.39, 0.29) is 12.1 Å². The first-order chi connectivity index (χ1) is 18.6. The SMILES string of the molecule is COc1cc(N2C(=S)NC(c3ccccn3)C2c2cc(C)n(-c3cccc(Br)c3)c2C)ccc1NS(C)(=O)=O. The monoisotopic (exact) mass is 625 g/mol. The van der Waals surface area contributed by atoms with Gasteiger partial charge in [-0.05, 0) is 80.2 Å². The third-order valence-corrected chi connectivity index (χ3v) is 8.11. The fraction of sp³-hybridized carbons (Fsp3) is 0.214. The second-order valence-electron chi connectivity index (χ2n) is 9.40. The van der Waals surface area contributed by atoms with Crippen molar-refractivity contribution >= 4 is 54.7 Å². The van der Waals surface area contributed by atoms with Crippen molar-refractivity contribution in [3.05, 3.63) is 100 Å². The molecule has 39 heavy (non-hydrogen) atoms. The lowest BCUT2D eigenvalue weighted by Gasteiger charge is -2.29. The highest BCUT2D eigenvalue weighted by Crippen LogP contribution is 2.45. The van der Waals surface area contributed by atoms with E-state index in [1.54, 1.807) is 18.3 Å². The van der Waals surface area contributed by atoms with Crippen molar-refractivity contribution < 1.29 is 13.2 Å². The van der Waals surface area contributed by atoms with Crippen molar-refractivity contribution in [2.45, 2.75) is 25.9 Å². The molecule has 1 fully saturated rings. The number of benzene rings is 2. The smallest absolute Gasteiger partial charge is 0.229 e. The summed E-state index contributed by atoms with van der Waals surface area (Å²) in [6.45, 7) is 4.20. The number of nitrogens with zero attached hydrogens (tertiary/aromatic N) is 3. The van der Waals surface area contributed by atoms with Gasteiger partial charge in [-0.3, -0.25) is 9.71 Å². The Labute approximate surface area is 242 Å². The molecule has 1 saturated heterocycles. The first-order valence-corrected chi connectivity index (χ1v) is 15.3. The maximum Gasteiger partial charge on any atom is 0.229 e. The summed E-state index contributed by atoms with van der Waals surface area (Å²) in [6, 6.07) is 21.1. The topological polar surface area (TPSA) is 88.5 Å². The van der Waals surface area contributed by atoms with E-state index in [0.717, 1.165) is 44.7 Å². The fourth-order valence-corrected chi connectivity index (χ4v) is 6.46. The third-order valence-electron chi connectivity index (χ3n) is 6.71. The molecule has 5 rings (SSSR count). The quantitative estimate of drug-likeness (QED) is 0.251. The molecule has 1 aliphatic rings. The molecule has 0 bridgehead atoms. The predicted molar refractivity (Wildman–Crippen MR) is 162 cm³/mol. The lowest BCUT2D eigenvalue weighted by atomic mass is 9.96. The first kappa shape index (κ1) is 27.2. The largest absolute Gasteiger partial charge is 0.494 e.